The number of thiophene rings is 1. The predicted octanol–water partition coefficient (Wildman–Crippen LogP) is 6.74. The van der Waals surface area contributed by atoms with Gasteiger partial charge in [0.1, 0.15) is 9.92 Å². The number of allylic oxidation sites excluding steroid dienone is 2. The van der Waals surface area contributed by atoms with Crippen LogP contribution in [0.4, 0.5) is 0 Å². The monoisotopic (exact) mass is 474 g/mol. The standard InChI is InChI=1S/C27H26N2O2S2/c1-19-13-15-21(16-14-19)25-20(2)27(29-17-7-6-11-23(25)29)26(22-9-4-3-5-10-22)28-33(30,31)24-12-8-18-32-24/h3-12,15,17-19H,13-14,16H2,1-2H3. The molecule has 0 radical (unpaired) electrons. The SMILES string of the molecule is Cc1c(C2=CCC(C)CC2)c2ccccn2c1C(=NS(=O)(=O)c1cccs1)c1ccccc1. The lowest BCUT2D eigenvalue weighted by molar-refractivity contribution is 0.534. The highest BCUT2D eigenvalue weighted by Crippen LogP contribution is 2.37. The first-order chi connectivity index (χ1) is 16.0. The number of fused-ring (bicyclic) bond motifs is 1. The van der Waals surface area contributed by atoms with Crippen LogP contribution in [0, 0.1) is 12.8 Å². The molecule has 1 unspecified atom stereocenters. The van der Waals surface area contributed by atoms with Crippen molar-refractivity contribution in [3.05, 3.63) is 101 Å². The molecule has 0 N–H and O–H groups in total. The minimum atomic E-state index is -3.84. The number of pyridine rings is 1. The Morgan fingerprint density at radius 3 is 2.55 bits per heavy atom. The predicted molar refractivity (Wildman–Crippen MR) is 137 cm³/mol. The van der Waals surface area contributed by atoms with Gasteiger partial charge in [0.15, 0.2) is 0 Å². The molecule has 1 aromatic carbocycles. The number of rotatable bonds is 5. The average Bonchev–Trinajstić information content (AvgIpc) is 3.46. The Hall–Kier alpha value is -2.96. The summed E-state index contributed by atoms with van der Waals surface area (Å²) in [6.45, 7) is 4.38. The van der Waals surface area contributed by atoms with Gasteiger partial charge in [-0.15, -0.1) is 11.3 Å². The first-order valence-corrected chi connectivity index (χ1v) is 13.5. The Morgan fingerprint density at radius 2 is 1.85 bits per heavy atom. The summed E-state index contributed by atoms with van der Waals surface area (Å²) in [5.74, 6) is 0.694. The van der Waals surface area contributed by atoms with Crippen molar-refractivity contribution in [3.63, 3.8) is 0 Å². The van der Waals surface area contributed by atoms with E-state index in [0.29, 0.717) is 11.6 Å². The zero-order chi connectivity index (χ0) is 23.0. The van der Waals surface area contributed by atoms with Gasteiger partial charge >= 0.3 is 0 Å². The van der Waals surface area contributed by atoms with Gasteiger partial charge < -0.3 is 4.40 Å². The van der Waals surface area contributed by atoms with Gasteiger partial charge in [-0.05, 0) is 66.8 Å². The third-order valence-corrected chi connectivity index (χ3v) is 8.96. The number of aromatic nitrogens is 1. The van der Waals surface area contributed by atoms with Crippen molar-refractivity contribution >= 4 is 38.2 Å². The summed E-state index contributed by atoms with van der Waals surface area (Å²) in [7, 11) is -3.84. The third-order valence-electron chi connectivity index (χ3n) is 6.31. The van der Waals surface area contributed by atoms with Gasteiger partial charge in [-0.1, -0.05) is 55.5 Å². The molecule has 3 aromatic heterocycles. The van der Waals surface area contributed by atoms with E-state index < -0.39 is 10.0 Å². The fraction of sp³-hybridized carbons (Fsp3) is 0.222. The highest BCUT2D eigenvalue weighted by molar-refractivity contribution is 7.92. The fourth-order valence-electron chi connectivity index (χ4n) is 4.63. The van der Waals surface area contributed by atoms with Crippen molar-refractivity contribution < 1.29 is 8.42 Å². The molecule has 0 amide bonds. The van der Waals surface area contributed by atoms with E-state index in [4.69, 9.17) is 0 Å². The fourth-order valence-corrected chi connectivity index (χ4v) is 6.61. The van der Waals surface area contributed by atoms with Crippen LogP contribution in [0.2, 0.25) is 0 Å². The lowest BCUT2D eigenvalue weighted by atomic mass is 9.86. The second-order valence-electron chi connectivity index (χ2n) is 8.63. The van der Waals surface area contributed by atoms with E-state index in [-0.39, 0.29) is 4.21 Å². The van der Waals surface area contributed by atoms with Crippen molar-refractivity contribution in [2.24, 2.45) is 10.3 Å². The van der Waals surface area contributed by atoms with E-state index in [2.05, 4.69) is 34.8 Å². The van der Waals surface area contributed by atoms with Crippen molar-refractivity contribution in [3.8, 4) is 0 Å². The first-order valence-electron chi connectivity index (χ1n) is 11.2. The minimum Gasteiger partial charge on any atom is -0.314 e. The smallest absolute Gasteiger partial charge is 0.292 e. The highest BCUT2D eigenvalue weighted by atomic mass is 32.2. The lowest BCUT2D eigenvalue weighted by Gasteiger charge is -2.18. The topological polar surface area (TPSA) is 50.9 Å². The van der Waals surface area contributed by atoms with Gasteiger partial charge in [0, 0.05) is 17.3 Å². The molecule has 0 spiro atoms. The molecule has 4 nitrogen and oxygen atoms in total. The zero-order valence-corrected chi connectivity index (χ0v) is 20.4. The van der Waals surface area contributed by atoms with Crippen LogP contribution in [0.1, 0.15) is 48.6 Å². The Balaban J connectivity index is 1.80. The number of nitrogens with zero attached hydrogens (tertiary/aromatic N) is 2. The first kappa shape index (κ1) is 21.9. The number of sulfonamides is 1. The van der Waals surface area contributed by atoms with Crippen LogP contribution in [-0.2, 0) is 10.0 Å². The third kappa shape index (κ3) is 4.09. The van der Waals surface area contributed by atoms with Crippen LogP contribution in [0.5, 0.6) is 0 Å². The molecule has 0 saturated carbocycles. The minimum absolute atomic E-state index is 0.249. The molecule has 5 rings (SSSR count). The van der Waals surface area contributed by atoms with Crippen molar-refractivity contribution in [1.82, 2.24) is 4.40 Å². The Kier molecular flexibility index (Phi) is 5.81. The number of hydrogen-bond acceptors (Lipinski definition) is 3. The summed E-state index contributed by atoms with van der Waals surface area (Å²) in [6.07, 6.45) is 7.62. The summed E-state index contributed by atoms with van der Waals surface area (Å²) in [5.41, 5.74) is 6.77. The molecule has 168 valence electrons. The van der Waals surface area contributed by atoms with E-state index >= 15 is 0 Å². The number of benzene rings is 1. The van der Waals surface area contributed by atoms with Crippen LogP contribution in [0.25, 0.3) is 11.1 Å². The molecule has 0 bridgehead atoms. The lowest BCUT2D eigenvalue weighted by Crippen LogP contribution is -2.12. The second kappa shape index (κ2) is 8.76. The van der Waals surface area contributed by atoms with Gasteiger partial charge in [-0.2, -0.15) is 12.8 Å². The van der Waals surface area contributed by atoms with Crippen molar-refractivity contribution in [2.45, 2.75) is 37.3 Å². The quantitative estimate of drug-likeness (QED) is 0.301. The molecule has 0 fully saturated rings. The molecular weight excluding hydrogens is 448 g/mol. The van der Waals surface area contributed by atoms with Gasteiger partial charge in [0.25, 0.3) is 10.0 Å². The van der Waals surface area contributed by atoms with Crippen molar-refractivity contribution in [2.75, 3.05) is 0 Å². The molecule has 6 heteroatoms. The van der Waals surface area contributed by atoms with E-state index in [1.807, 2.05) is 48.7 Å². The van der Waals surface area contributed by atoms with Gasteiger partial charge in [0.05, 0.1) is 11.2 Å². The summed E-state index contributed by atoms with van der Waals surface area (Å²) in [6, 6.07) is 19.1. The highest BCUT2D eigenvalue weighted by Gasteiger charge is 2.26. The molecule has 0 aliphatic heterocycles. The maximum atomic E-state index is 13.2. The molecule has 1 aliphatic rings. The van der Waals surface area contributed by atoms with Crippen LogP contribution < -0.4 is 0 Å². The van der Waals surface area contributed by atoms with E-state index in [0.717, 1.165) is 41.6 Å². The molecule has 33 heavy (non-hydrogen) atoms. The molecule has 1 aliphatic carbocycles. The summed E-state index contributed by atoms with van der Waals surface area (Å²) < 4.78 is 33.3. The normalized spacial score (nSPS) is 17.3. The van der Waals surface area contributed by atoms with Crippen LogP contribution in [0.15, 0.2) is 86.9 Å². The van der Waals surface area contributed by atoms with E-state index in [9.17, 15) is 8.42 Å². The Bertz CT molecular complexity index is 1460. The van der Waals surface area contributed by atoms with Gasteiger partial charge in [-0.25, -0.2) is 0 Å². The Labute approximate surface area is 199 Å². The molecule has 0 saturated heterocycles. The molecular formula is C27H26N2O2S2. The second-order valence-corrected chi connectivity index (χ2v) is 11.4. The van der Waals surface area contributed by atoms with Gasteiger partial charge in [-0.3, -0.25) is 0 Å². The summed E-state index contributed by atoms with van der Waals surface area (Å²) in [5, 5.41) is 1.76. The summed E-state index contributed by atoms with van der Waals surface area (Å²) >= 11 is 1.19. The molecule has 4 aromatic rings. The largest absolute Gasteiger partial charge is 0.314 e. The van der Waals surface area contributed by atoms with Gasteiger partial charge in [0.2, 0.25) is 0 Å². The van der Waals surface area contributed by atoms with Crippen LogP contribution >= 0.6 is 11.3 Å². The molecule has 1 atom stereocenters. The van der Waals surface area contributed by atoms with E-state index in [1.54, 1.807) is 17.5 Å². The van der Waals surface area contributed by atoms with Crippen LogP contribution in [0.3, 0.4) is 0 Å². The summed E-state index contributed by atoms with van der Waals surface area (Å²) in [4.78, 5) is 0. The average molecular weight is 475 g/mol. The maximum absolute atomic E-state index is 13.2. The van der Waals surface area contributed by atoms with Crippen molar-refractivity contribution in [1.29, 1.82) is 0 Å². The molecule has 3 heterocycles. The number of hydrogen-bond donors (Lipinski definition) is 0. The zero-order valence-electron chi connectivity index (χ0n) is 18.7. The Morgan fingerprint density at radius 1 is 1.06 bits per heavy atom. The maximum Gasteiger partial charge on any atom is 0.292 e. The van der Waals surface area contributed by atoms with Crippen LogP contribution in [-0.4, -0.2) is 18.5 Å². The van der Waals surface area contributed by atoms with E-state index in [1.165, 1.54) is 22.5 Å².